The Morgan fingerprint density at radius 3 is 2.60 bits per heavy atom. The molecule has 0 aromatic carbocycles. The van der Waals surface area contributed by atoms with Gasteiger partial charge >= 0.3 is 0 Å². The number of hydrogen-bond donors (Lipinski definition) is 1. The van der Waals surface area contributed by atoms with Gasteiger partial charge in [-0.2, -0.15) is 0 Å². The summed E-state index contributed by atoms with van der Waals surface area (Å²) in [4.78, 5) is 8.71. The van der Waals surface area contributed by atoms with Crippen molar-refractivity contribution in [2.75, 3.05) is 19.7 Å². The van der Waals surface area contributed by atoms with E-state index in [0.717, 1.165) is 37.5 Å². The average molecular weight is 207 g/mol. The van der Waals surface area contributed by atoms with E-state index >= 15 is 0 Å². The van der Waals surface area contributed by atoms with Crippen molar-refractivity contribution in [3.8, 4) is 5.75 Å². The summed E-state index contributed by atoms with van der Waals surface area (Å²) >= 11 is 0. The maximum absolute atomic E-state index is 5.31. The largest absolute Gasteiger partial charge is 0.491 e. The van der Waals surface area contributed by atoms with E-state index in [9.17, 15) is 0 Å². The van der Waals surface area contributed by atoms with E-state index in [4.69, 9.17) is 4.74 Å². The second-order valence-electron chi connectivity index (χ2n) is 3.73. The minimum absolute atomic E-state index is 0.516. The fraction of sp³-hybridized carbons (Fsp3) is 0.636. The lowest BCUT2D eigenvalue weighted by Crippen LogP contribution is -2.27. The first-order valence-electron chi connectivity index (χ1n) is 5.55. The lowest BCUT2D eigenvalue weighted by atomic mass is 9.97. The van der Waals surface area contributed by atoms with Crippen LogP contribution in [-0.2, 0) is 0 Å². The topological polar surface area (TPSA) is 47.0 Å². The van der Waals surface area contributed by atoms with Crippen LogP contribution in [0.4, 0.5) is 0 Å². The maximum atomic E-state index is 5.31. The van der Waals surface area contributed by atoms with Crippen molar-refractivity contribution in [3.05, 3.63) is 18.2 Å². The van der Waals surface area contributed by atoms with Crippen molar-refractivity contribution in [1.82, 2.24) is 15.3 Å². The highest BCUT2D eigenvalue weighted by atomic mass is 16.5. The van der Waals surface area contributed by atoms with Crippen molar-refractivity contribution in [2.24, 2.45) is 0 Å². The molecule has 2 rings (SSSR count). The predicted molar refractivity (Wildman–Crippen MR) is 58.0 cm³/mol. The molecule has 1 saturated heterocycles. The third-order valence-electron chi connectivity index (χ3n) is 2.66. The van der Waals surface area contributed by atoms with Crippen LogP contribution in [0.5, 0.6) is 5.75 Å². The van der Waals surface area contributed by atoms with Crippen LogP contribution in [0.25, 0.3) is 0 Å². The van der Waals surface area contributed by atoms with Crippen molar-refractivity contribution in [1.29, 1.82) is 0 Å². The maximum Gasteiger partial charge on any atom is 0.155 e. The Morgan fingerprint density at radius 2 is 2.00 bits per heavy atom. The highest BCUT2D eigenvalue weighted by molar-refractivity contribution is 5.13. The van der Waals surface area contributed by atoms with Crippen LogP contribution >= 0.6 is 0 Å². The summed E-state index contributed by atoms with van der Waals surface area (Å²) < 4.78 is 5.31. The highest BCUT2D eigenvalue weighted by Crippen LogP contribution is 2.22. The van der Waals surface area contributed by atoms with Crippen molar-refractivity contribution >= 4 is 0 Å². The molecule has 0 radical (unpaired) electrons. The Labute approximate surface area is 90.1 Å². The summed E-state index contributed by atoms with van der Waals surface area (Å²) in [6.45, 7) is 4.76. The van der Waals surface area contributed by atoms with E-state index in [-0.39, 0.29) is 0 Å². The molecule has 1 aliphatic rings. The number of nitrogens with one attached hydrogen (secondary N) is 1. The lowest BCUT2D eigenvalue weighted by molar-refractivity contribution is 0.336. The minimum Gasteiger partial charge on any atom is -0.491 e. The van der Waals surface area contributed by atoms with Gasteiger partial charge in [-0.05, 0) is 32.9 Å². The molecule has 4 nitrogen and oxygen atoms in total. The van der Waals surface area contributed by atoms with Crippen LogP contribution in [0.2, 0.25) is 0 Å². The Hall–Kier alpha value is -1.16. The summed E-state index contributed by atoms with van der Waals surface area (Å²) in [6, 6.07) is 0. The minimum atomic E-state index is 0.516. The molecule has 1 aromatic rings. The average Bonchev–Trinajstić information content (AvgIpc) is 2.32. The molecule has 4 heteroatoms. The van der Waals surface area contributed by atoms with Gasteiger partial charge in [0.15, 0.2) is 5.75 Å². The molecule has 0 atom stereocenters. The standard InChI is InChI=1S/C11H17N3O/c1-2-15-10-7-13-11(14-8-10)9-3-5-12-6-4-9/h7-9,12H,2-6H2,1H3. The SMILES string of the molecule is CCOc1cnc(C2CCNCC2)nc1. The van der Waals surface area contributed by atoms with Crippen LogP contribution in [-0.4, -0.2) is 29.7 Å². The zero-order valence-electron chi connectivity index (χ0n) is 9.07. The molecule has 0 bridgehead atoms. The molecule has 1 aromatic heterocycles. The van der Waals surface area contributed by atoms with Crippen LogP contribution < -0.4 is 10.1 Å². The molecule has 0 unspecified atom stereocenters. The van der Waals surface area contributed by atoms with Gasteiger partial charge in [-0.3, -0.25) is 0 Å². The van der Waals surface area contributed by atoms with Gasteiger partial charge in [0.1, 0.15) is 5.82 Å². The van der Waals surface area contributed by atoms with E-state index in [1.54, 1.807) is 12.4 Å². The van der Waals surface area contributed by atoms with Crippen LogP contribution in [0.1, 0.15) is 31.5 Å². The molecular weight excluding hydrogens is 190 g/mol. The molecular formula is C11H17N3O. The van der Waals surface area contributed by atoms with Crippen molar-refractivity contribution in [2.45, 2.75) is 25.7 Å². The van der Waals surface area contributed by atoms with Gasteiger partial charge in [-0.1, -0.05) is 0 Å². The molecule has 1 N–H and O–H groups in total. The summed E-state index contributed by atoms with van der Waals surface area (Å²) in [6.07, 6.45) is 5.81. The quantitative estimate of drug-likeness (QED) is 0.812. The smallest absolute Gasteiger partial charge is 0.155 e. The fourth-order valence-electron chi connectivity index (χ4n) is 1.86. The summed E-state index contributed by atoms with van der Waals surface area (Å²) in [5.41, 5.74) is 0. The van der Waals surface area contributed by atoms with E-state index in [2.05, 4.69) is 15.3 Å². The molecule has 0 saturated carbocycles. The molecule has 15 heavy (non-hydrogen) atoms. The van der Waals surface area contributed by atoms with E-state index in [1.165, 1.54) is 0 Å². The zero-order chi connectivity index (χ0) is 10.5. The molecule has 0 aliphatic carbocycles. The fourth-order valence-corrected chi connectivity index (χ4v) is 1.86. The lowest BCUT2D eigenvalue weighted by Gasteiger charge is -2.21. The van der Waals surface area contributed by atoms with Gasteiger partial charge in [0.2, 0.25) is 0 Å². The van der Waals surface area contributed by atoms with E-state index in [1.807, 2.05) is 6.92 Å². The molecule has 1 aliphatic heterocycles. The second kappa shape index (κ2) is 5.07. The zero-order valence-corrected chi connectivity index (χ0v) is 9.07. The third-order valence-corrected chi connectivity index (χ3v) is 2.66. The highest BCUT2D eigenvalue weighted by Gasteiger charge is 2.17. The Morgan fingerprint density at radius 1 is 1.33 bits per heavy atom. The molecule has 1 fully saturated rings. The van der Waals surface area contributed by atoms with Crippen LogP contribution in [0.15, 0.2) is 12.4 Å². The summed E-state index contributed by atoms with van der Waals surface area (Å²) in [7, 11) is 0. The monoisotopic (exact) mass is 207 g/mol. The van der Waals surface area contributed by atoms with Crippen molar-refractivity contribution < 1.29 is 4.74 Å². The Bertz CT molecular complexity index is 293. The second-order valence-corrected chi connectivity index (χ2v) is 3.73. The number of nitrogens with zero attached hydrogens (tertiary/aromatic N) is 2. The molecule has 0 spiro atoms. The number of hydrogen-bond acceptors (Lipinski definition) is 4. The first kappa shape index (κ1) is 10.4. The van der Waals surface area contributed by atoms with Crippen LogP contribution in [0, 0.1) is 0 Å². The van der Waals surface area contributed by atoms with Gasteiger partial charge < -0.3 is 10.1 Å². The Balaban J connectivity index is 2.02. The normalized spacial score (nSPS) is 17.7. The van der Waals surface area contributed by atoms with Gasteiger partial charge in [-0.25, -0.2) is 9.97 Å². The van der Waals surface area contributed by atoms with Gasteiger partial charge in [0.25, 0.3) is 0 Å². The predicted octanol–water partition coefficient (Wildman–Crippen LogP) is 1.34. The van der Waals surface area contributed by atoms with Gasteiger partial charge in [0, 0.05) is 5.92 Å². The van der Waals surface area contributed by atoms with E-state index in [0.29, 0.717) is 12.5 Å². The first-order chi connectivity index (χ1) is 7.40. The number of piperidine rings is 1. The summed E-state index contributed by atoms with van der Waals surface area (Å²) in [5, 5.41) is 3.34. The molecule has 2 heterocycles. The Kier molecular flexibility index (Phi) is 3.50. The molecule has 82 valence electrons. The van der Waals surface area contributed by atoms with E-state index < -0.39 is 0 Å². The molecule has 0 amide bonds. The van der Waals surface area contributed by atoms with Gasteiger partial charge in [0.05, 0.1) is 19.0 Å². The van der Waals surface area contributed by atoms with Crippen LogP contribution in [0.3, 0.4) is 0 Å². The summed E-state index contributed by atoms with van der Waals surface area (Å²) in [5.74, 6) is 2.23. The first-order valence-corrected chi connectivity index (χ1v) is 5.55. The van der Waals surface area contributed by atoms with Gasteiger partial charge in [-0.15, -0.1) is 0 Å². The number of rotatable bonds is 3. The van der Waals surface area contributed by atoms with Crippen molar-refractivity contribution in [3.63, 3.8) is 0 Å². The number of ether oxygens (including phenoxy) is 1. The third kappa shape index (κ3) is 2.65. The number of aromatic nitrogens is 2.